The molecule has 0 fully saturated rings. The van der Waals surface area contributed by atoms with Gasteiger partial charge in [-0.2, -0.15) is 0 Å². The number of hydrogen-bond donors (Lipinski definition) is 1. The molecule has 4 rings (SSSR count). The van der Waals surface area contributed by atoms with Gasteiger partial charge in [0, 0.05) is 29.9 Å². The third-order valence-electron chi connectivity index (χ3n) is 6.30. The molecule has 2 aromatic carbocycles. The number of carbonyl (C=O) groups is 2. The number of amidine groups is 1. The van der Waals surface area contributed by atoms with E-state index in [1.165, 1.54) is 11.8 Å². The van der Waals surface area contributed by atoms with Crippen LogP contribution in [0.5, 0.6) is 11.5 Å². The molecule has 10 heteroatoms. The van der Waals surface area contributed by atoms with Gasteiger partial charge in [-0.1, -0.05) is 54.2 Å². The Bertz CT molecular complexity index is 1310. The summed E-state index contributed by atoms with van der Waals surface area (Å²) < 4.78 is 17.0. The molecule has 0 unspecified atom stereocenters. The third kappa shape index (κ3) is 6.12. The molecule has 0 bridgehead atoms. The van der Waals surface area contributed by atoms with Gasteiger partial charge in [-0.3, -0.25) is 4.79 Å². The number of methoxy groups -OCH3 is 2. The van der Waals surface area contributed by atoms with E-state index in [0.717, 1.165) is 17.8 Å². The molecule has 1 amide bonds. The van der Waals surface area contributed by atoms with Crippen LogP contribution in [-0.4, -0.2) is 74.9 Å². The van der Waals surface area contributed by atoms with Crippen LogP contribution in [0.25, 0.3) is 5.70 Å². The van der Waals surface area contributed by atoms with Gasteiger partial charge in [-0.05, 0) is 32.5 Å². The normalized spacial score (nSPS) is 16.5. The predicted octanol–water partition coefficient (Wildman–Crippen LogP) is 4.05. The van der Waals surface area contributed by atoms with Crippen molar-refractivity contribution in [2.75, 3.05) is 48.0 Å². The van der Waals surface area contributed by atoms with Crippen LogP contribution in [0.3, 0.4) is 0 Å². The second-order valence-corrected chi connectivity index (χ2v) is 9.99. The number of rotatable bonds is 11. The van der Waals surface area contributed by atoms with E-state index in [1.807, 2.05) is 71.8 Å². The first-order valence-electron chi connectivity index (χ1n) is 12.7. The fraction of sp³-hybridized carbons (Fsp3) is 0.345. The Morgan fingerprint density at radius 1 is 1.08 bits per heavy atom. The first kappa shape index (κ1) is 28.3. The number of fused-ring (bicyclic) bond motifs is 1. The van der Waals surface area contributed by atoms with Gasteiger partial charge in [0.05, 0.1) is 44.6 Å². The highest BCUT2D eigenvalue weighted by molar-refractivity contribution is 8.16. The van der Waals surface area contributed by atoms with Gasteiger partial charge in [0.2, 0.25) is 5.91 Å². The smallest absolute Gasteiger partial charge is 0.338 e. The maximum Gasteiger partial charge on any atom is 0.338 e. The number of esters is 1. The first-order chi connectivity index (χ1) is 18.9. The molecule has 2 aliphatic heterocycles. The number of nitrogens with one attached hydrogen (secondary N) is 1. The van der Waals surface area contributed by atoms with Crippen molar-refractivity contribution in [3.63, 3.8) is 0 Å². The quantitative estimate of drug-likeness (QED) is 0.419. The summed E-state index contributed by atoms with van der Waals surface area (Å²) in [5.41, 5.74) is 3.09. The van der Waals surface area contributed by atoms with Crippen molar-refractivity contribution in [1.29, 1.82) is 0 Å². The highest BCUT2D eigenvalue weighted by atomic mass is 32.2. The summed E-state index contributed by atoms with van der Waals surface area (Å²) in [6.07, 6.45) is 0.124. The van der Waals surface area contributed by atoms with E-state index >= 15 is 0 Å². The standard InChI is InChI=1S/C29H34N4O5S/c1-6-38-28(35)24-25(19-11-8-7-9-12-19)31-29-33(20(18-39-29)17-23(34)30-15-16-32(2)3)26(24)21-13-10-14-22(36-4)27(21)37-5/h7-14,18,26H,6,15-17H2,1-5H3,(H,30,34)/t26-/m0/s1. The summed E-state index contributed by atoms with van der Waals surface area (Å²) >= 11 is 1.42. The van der Waals surface area contributed by atoms with E-state index in [1.54, 1.807) is 27.2 Å². The van der Waals surface area contributed by atoms with Crippen LogP contribution in [-0.2, 0) is 14.3 Å². The van der Waals surface area contributed by atoms with Crippen LogP contribution >= 0.6 is 11.8 Å². The molecule has 0 aliphatic carbocycles. The van der Waals surface area contributed by atoms with Crippen molar-refractivity contribution < 1.29 is 23.8 Å². The fourth-order valence-electron chi connectivity index (χ4n) is 4.56. The van der Waals surface area contributed by atoms with Crippen molar-refractivity contribution in [3.05, 3.63) is 76.3 Å². The zero-order valence-corrected chi connectivity index (χ0v) is 23.7. The molecule has 39 heavy (non-hydrogen) atoms. The lowest BCUT2D eigenvalue weighted by Gasteiger charge is -2.37. The molecular formula is C29H34N4O5S. The second-order valence-electron chi connectivity index (χ2n) is 9.16. The van der Waals surface area contributed by atoms with E-state index in [9.17, 15) is 9.59 Å². The summed E-state index contributed by atoms with van der Waals surface area (Å²) in [6.45, 7) is 3.24. The van der Waals surface area contributed by atoms with Crippen LogP contribution in [0.15, 0.2) is 70.2 Å². The molecule has 0 saturated heterocycles. The average molecular weight is 551 g/mol. The lowest BCUT2D eigenvalue weighted by molar-refractivity contribution is -0.139. The van der Waals surface area contributed by atoms with E-state index < -0.39 is 12.0 Å². The van der Waals surface area contributed by atoms with Crippen LogP contribution in [0.2, 0.25) is 0 Å². The zero-order valence-electron chi connectivity index (χ0n) is 22.9. The summed E-state index contributed by atoms with van der Waals surface area (Å²) in [6, 6.07) is 14.4. The van der Waals surface area contributed by atoms with E-state index in [-0.39, 0.29) is 18.9 Å². The van der Waals surface area contributed by atoms with Gasteiger partial charge in [0.15, 0.2) is 16.7 Å². The highest BCUT2D eigenvalue weighted by Crippen LogP contribution is 2.50. The SMILES string of the molecule is CCOC(=O)C1=C(c2ccccc2)N=C2SC=C(CC(=O)NCCN(C)C)N2[C@H]1c1cccc(OC)c1OC. The molecule has 1 atom stereocenters. The van der Waals surface area contributed by atoms with Gasteiger partial charge in [0.25, 0.3) is 0 Å². The van der Waals surface area contributed by atoms with Gasteiger partial charge in [0.1, 0.15) is 0 Å². The Morgan fingerprint density at radius 2 is 1.85 bits per heavy atom. The Morgan fingerprint density at radius 3 is 2.51 bits per heavy atom. The number of aliphatic imine (C=N–C) groups is 1. The largest absolute Gasteiger partial charge is 0.493 e. The van der Waals surface area contributed by atoms with E-state index in [2.05, 4.69) is 5.32 Å². The molecular weight excluding hydrogens is 516 g/mol. The lowest BCUT2D eigenvalue weighted by Crippen LogP contribution is -2.38. The number of amides is 1. The van der Waals surface area contributed by atoms with Crippen LogP contribution in [0.4, 0.5) is 0 Å². The van der Waals surface area contributed by atoms with Gasteiger partial charge < -0.3 is 29.3 Å². The van der Waals surface area contributed by atoms with Crippen LogP contribution in [0, 0.1) is 0 Å². The number of likely N-dealkylation sites (N-methyl/N-ethyl adjacent to an activating group) is 1. The number of ether oxygens (including phenoxy) is 3. The lowest BCUT2D eigenvalue weighted by atomic mass is 9.90. The number of nitrogens with zero attached hydrogens (tertiary/aromatic N) is 3. The number of hydrogen-bond acceptors (Lipinski definition) is 9. The van der Waals surface area contributed by atoms with Crippen LogP contribution < -0.4 is 14.8 Å². The topological polar surface area (TPSA) is 92.7 Å². The average Bonchev–Trinajstić information content (AvgIpc) is 3.33. The molecule has 2 aliphatic rings. The minimum absolute atomic E-state index is 0.114. The van der Waals surface area contributed by atoms with Crippen LogP contribution in [0.1, 0.15) is 30.5 Å². The van der Waals surface area contributed by atoms with Gasteiger partial charge >= 0.3 is 5.97 Å². The van der Waals surface area contributed by atoms with E-state index in [4.69, 9.17) is 19.2 Å². The number of thioether (sulfide) groups is 1. The fourth-order valence-corrected chi connectivity index (χ4v) is 5.47. The molecule has 9 nitrogen and oxygen atoms in total. The van der Waals surface area contributed by atoms with Crippen molar-refractivity contribution >= 4 is 34.5 Å². The minimum atomic E-state index is -0.673. The third-order valence-corrected chi connectivity index (χ3v) is 7.19. The minimum Gasteiger partial charge on any atom is -0.493 e. The molecule has 2 heterocycles. The number of para-hydroxylation sites is 1. The highest BCUT2D eigenvalue weighted by Gasteiger charge is 2.43. The Kier molecular flexibility index (Phi) is 9.32. The Balaban J connectivity index is 1.86. The Labute approximate surface area is 233 Å². The molecule has 0 radical (unpaired) electrons. The monoisotopic (exact) mass is 550 g/mol. The maximum atomic E-state index is 13.7. The van der Waals surface area contributed by atoms with Crippen molar-refractivity contribution in [1.82, 2.24) is 15.1 Å². The second kappa shape index (κ2) is 12.9. The van der Waals surface area contributed by atoms with Crippen molar-refractivity contribution in [2.24, 2.45) is 4.99 Å². The van der Waals surface area contributed by atoms with Gasteiger partial charge in [-0.15, -0.1) is 0 Å². The Hall–Kier alpha value is -3.76. The molecule has 206 valence electrons. The first-order valence-corrected chi connectivity index (χ1v) is 13.6. The van der Waals surface area contributed by atoms with Gasteiger partial charge in [-0.25, -0.2) is 9.79 Å². The van der Waals surface area contributed by atoms with E-state index in [0.29, 0.717) is 40.0 Å². The summed E-state index contributed by atoms with van der Waals surface area (Å²) in [4.78, 5) is 35.5. The molecule has 0 aromatic heterocycles. The summed E-state index contributed by atoms with van der Waals surface area (Å²) in [5.74, 6) is 0.423. The van der Waals surface area contributed by atoms with Crippen molar-refractivity contribution in [3.8, 4) is 11.5 Å². The molecule has 1 N–H and O–H groups in total. The molecule has 2 aromatic rings. The molecule has 0 saturated carbocycles. The maximum absolute atomic E-state index is 13.7. The van der Waals surface area contributed by atoms with Crippen molar-refractivity contribution in [2.45, 2.75) is 19.4 Å². The zero-order chi connectivity index (χ0) is 27.9. The molecule has 0 spiro atoms. The predicted molar refractivity (Wildman–Crippen MR) is 153 cm³/mol. The summed E-state index contributed by atoms with van der Waals surface area (Å²) in [5, 5.41) is 5.55. The summed E-state index contributed by atoms with van der Waals surface area (Å²) in [7, 11) is 7.05. The number of carbonyl (C=O) groups excluding carboxylic acids is 2. The number of benzene rings is 2.